The van der Waals surface area contributed by atoms with Crippen LogP contribution in [0.3, 0.4) is 0 Å². The third kappa shape index (κ3) is 4.42. The van der Waals surface area contributed by atoms with E-state index >= 15 is 0 Å². The van der Waals surface area contributed by atoms with Crippen LogP contribution in [0.2, 0.25) is 0 Å². The molecule has 0 spiro atoms. The van der Waals surface area contributed by atoms with Crippen molar-refractivity contribution in [1.82, 2.24) is 24.7 Å². The van der Waals surface area contributed by atoms with Crippen LogP contribution < -0.4 is 5.73 Å². The van der Waals surface area contributed by atoms with Gasteiger partial charge in [-0.3, -0.25) is 9.78 Å². The van der Waals surface area contributed by atoms with Crippen LogP contribution in [0.1, 0.15) is 41.3 Å². The average molecular weight is 425 g/mol. The van der Waals surface area contributed by atoms with Crippen molar-refractivity contribution in [2.24, 2.45) is 5.73 Å². The summed E-state index contributed by atoms with van der Waals surface area (Å²) in [7, 11) is 0. The molecule has 2 N–H and O–H groups in total. The first kappa shape index (κ1) is 20.2. The van der Waals surface area contributed by atoms with Gasteiger partial charge in [-0.15, -0.1) is 5.10 Å². The van der Waals surface area contributed by atoms with Gasteiger partial charge in [-0.2, -0.15) is 18.4 Å². The molecule has 1 aliphatic rings. The zero-order chi connectivity index (χ0) is 22.2. The summed E-state index contributed by atoms with van der Waals surface area (Å²) in [4.78, 5) is 23.6. The fourth-order valence-electron chi connectivity index (χ4n) is 2.94. The molecule has 4 rings (SSSR count). The lowest BCUT2D eigenvalue weighted by Crippen LogP contribution is -2.14. The molecule has 31 heavy (non-hydrogen) atoms. The third-order valence-corrected chi connectivity index (χ3v) is 4.60. The number of pyridine rings is 2. The Morgan fingerprint density at radius 3 is 2.68 bits per heavy atom. The second-order valence-electron chi connectivity index (χ2n) is 6.97. The number of halogens is 3. The number of hydrogen-bond donors (Lipinski definition) is 1. The minimum absolute atomic E-state index is 0.00408. The van der Waals surface area contributed by atoms with Crippen LogP contribution in [-0.4, -0.2) is 30.6 Å². The molecule has 0 radical (unpaired) electrons. The highest BCUT2D eigenvalue weighted by Gasteiger charge is 2.35. The molecule has 11 heteroatoms. The second-order valence-corrected chi connectivity index (χ2v) is 6.97. The van der Waals surface area contributed by atoms with E-state index in [-0.39, 0.29) is 28.4 Å². The van der Waals surface area contributed by atoms with Gasteiger partial charge in [0.1, 0.15) is 18.1 Å². The Kier molecular flexibility index (Phi) is 4.98. The van der Waals surface area contributed by atoms with Crippen molar-refractivity contribution in [3.8, 4) is 17.5 Å². The minimum Gasteiger partial charge on any atom is -0.366 e. The Hall–Kier alpha value is -4.07. The topological polar surface area (TPSA) is 123 Å². The number of amides is 1. The number of nitriles is 1. The van der Waals surface area contributed by atoms with Crippen LogP contribution in [0.15, 0.2) is 36.9 Å². The average Bonchev–Trinajstić information content (AvgIpc) is 3.49. The molecule has 3 aromatic rings. The maximum absolute atomic E-state index is 13.3. The van der Waals surface area contributed by atoms with Gasteiger partial charge in [-0.05, 0) is 31.0 Å². The Balaban J connectivity index is 1.73. The number of nitrogens with zero attached hydrogens (tertiary/aromatic N) is 6. The largest absolute Gasteiger partial charge is 0.433 e. The van der Waals surface area contributed by atoms with Crippen LogP contribution in [0, 0.1) is 11.3 Å². The van der Waals surface area contributed by atoms with E-state index in [1.165, 1.54) is 35.7 Å². The van der Waals surface area contributed by atoms with Crippen molar-refractivity contribution < 1.29 is 18.0 Å². The first-order chi connectivity index (χ1) is 14.7. The summed E-state index contributed by atoms with van der Waals surface area (Å²) < 4.78 is 41.0. The van der Waals surface area contributed by atoms with Crippen LogP contribution in [0.25, 0.3) is 23.2 Å². The molecule has 0 saturated heterocycles. The first-order valence-corrected chi connectivity index (χ1v) is 9.12. The maximum Gasteiger partial charge on any atom is 0.433 e. The number of aromatic nitrogens is 5. The molecule has 156 valence electrons. The molecule has 1 saturated carbocycles. The number of primary amides is 1. The monoisotopic (exact) mass is 425 g/mol. The van der Waals surface area contributed by atoms with Crippen LogP contribution in [-0.2, 0) is 11.0 Å². The molecule has 0 aliphatic heterocycles. The van der Waals surface area contributed by atoms with E-state index in [4.69, 9.17) is 11.0 Å². The van der Waals surface area contributed by atoms with Gasteiger partial charge < -0.3 is 5.73 Å². The van der Waals surface area contributed by atoms with E-state index in [2.05, 4.69) is 20.1 Å². The molecule has 1 aliphatic carbocycles. The predicted molar refractivity (Wildman–Crippen MR) is 103 cm³/mol. The van der Waals surface area contributed by atoms with Crippen LogP contribution >= 0.6 is 0 Å². The van der Waals surface area contributed by atoms with E-state index in [0.717, 1.165) is 18.9 Å². The predicted octanol–water partition coefficient (Wildman–Crippen LogP) is 2.99. The van der Waals surface area contributed by atoms with E-state index in [0.29, 0.717) is 11.3 Å². The van der Waals surface area contributed by atoms with Gasteiger partial charge in [-0.25, -0.2) is 14.6 Å². The lowest BCUT2D eigenvalue weighted by Gasteiger charge is -2.09. The minimum atomic E-state index is -4.60. The van der Waals surface area contributed by atoms with E-state index in [9.17, 15) is 18.0 Å². The fourth-order valence-corrected chi connectivity index (χ4v) is 2.94. The van der Waals surface area contributed by atoms with Gasteiger partial charge in [0.15, 0.2) is 5.82 Å². The molecule has 8 nitrogen and oxygen atoms in total. The maximum atomic E-state index is 13.3. The highest BCUT2D eigenvalue weighted by atomic mass is 19.4. The third-order valence-electron chi connectivity index (χ3n) is 4.60. The lowest BCUT2D eigenvalue weighted by atomic mass is 10.1. The summed E-state index contributed by atoms with van der Waals surface area (Å²) in [6, 6.07) is 5.79. The van der Waals surface area contributed by atoms with Gasteiger partial charge in [-0.1, -0.05) is 0 Å². The molecule has 0 bridgehead atoms. The standard InChI is InChI=1S/C20H14F3N7O/c21-20(22,23)17-5-13(4-16(28-17)12-1-2-12)19-27-10-30(29-19)9-15(18(25)31)14-3-11(6-24)7-26-8-14/h3-5,7-10,12H,1-2H2,(H2,25,31)/b15-9+. The van der Waals surface area contributed by atoms with Gasteiger partial charge >= 0.3 is 6.18 Å². The smallest absolute Gasteiger partial charge is 0.366 e. The van der Waals surface area contributed by atoms with Gasteiger partial charge in [0.05, 0.1) is 11.1 Å². The summed E-state index contributed by atoms with van der Waals surface area (Å²) in [5.41, 5.74) is 5.49. The van der Waals surface area contributed by atoms with Crippen molar-refractivity contribution >= 4 is 17.7 Å². The molecule has 0 unspecified atom stereocenters. The molecule has 0 atom stereocenters. The second kappa shape index (κ2) is 7.64. The van der Waals surface area contributed by atoms with Gasteiger partial charge in [0.2, 0.25) is 0 Å². The summed E-state index contributed by atoms with van der Waals surface area (Å²) in [6.07, 6.45) is 2.17. The fraction of sp³-hybridized carbons (Fsp3) is 0.200. The van der Waals surface area contributed by atoms with E-state index in [1.54, 1.807) is 6.07 Å². The van der Waals surface area contributed by atoms with Crippen molar-refractivity contribution in [3.63, 3.8) is 0 Å². The number of carbonyl (C=O) groups is 1. The van der Waals surface area contributed by atoms with Crippen molar-refractivity contribution in [3.05, 3.63) is 59.4 Å². The molecule has 0 aromatic carbocycles. The highest BCUT2D eigenvalue weighted by molar-refractivity contribution is 6.22. The number of carbonyl (C=O) groups excluding carboxylic acids is 1. The van der Waals surface area contributed by atoms with E-state index < -0.39 is 17.8 Å². The Labute approximate surface area is 173 Å². The van der Waals surface area contributed by atoms with Crippen LogP contribution in [0.4, 0.5) is 13.2 Å². The summed E-state index contributed by atoms with van der Waals surface area (Å²) in [5, 5.41) is 13.2. The zero-order valence-corrected chi connectivity index (χ0v) is 15.8. The molecule has 3 heterocycles. The summed E-state index contributed by atoms with van der Waals surface area (Å²) >= 11 is 0. The molecule has 3 aromatic heterocycles. The summed E-state index contributed by atoms with van der Waals surface area (Å²) in [5.74, 6) is -0.753. The van der Waals surface area contributed by atoms with Gasteiger partial charge in [0.25, 0.3) is 5.91 Å². The molecular weight excluding hydrogens is 411 g/mol. The quantitative estimate of drug-likeness (QED) is 0.627. The zero-order valence-electron chi connectivity index (χ0n) is 15.8. The van der Waals surface area contributed by atoms with Crippen molar-refractivity contribution in [2.45, 2.75) is 24.9 Å². The Bertz CT molecular complexity index is 1240. The van der Waals surface area contributed by atoms with Gasteiger partial charge in [0, 0.05) is 41.3 Å². The lowest BCUT2D eigenvalue weighted by molar-refractivity contribution is -0.141. The Morgan fingerprint density at radius 2 is 2.03 bits per heavy atom. The molecule has 1 amide bonds. The SMILES string of the molecule is N#Cc1cncc(/C(=C\n2cnc(-c3cc(C4CC4)nc(C(F)(F)F)c3)n2)C(N)=O)c1. The van der Waals surface area contributed by atoms with Crippen molar-refractivity contribution in [1.29, 1.82) is 5.26 Å². The molecule has 1 fully saturated rings. The van der Waals surface area contributed by atoms with Crippen molar-refractivity contribution in [2.75, 3.05) is 0 Å². The number of hydrogen-bond acceptors (Lipinski definition) is 6. The highest BCUT2D eigenvalue weighted by Crippen LogP contribution is 2.41. The number of alkyl halides is 3. The molecular formula is C20H14F3N7O. The normalized spacial score (nSPS) is 14.3. The number of nitrogens with two attached hydrogens (primary N) is 1. The Morgan fingerprint density at radius 1 is 1.26 bits per heavy atom. The number of rotatable bonds is 5. The van der Waals surface area contributed by atoms with Crippen LogP contribution in [0.5, 0.6) is 0 Å². The summed E-state index contributed by atoms with van der Waals surface area (Å²) in [6.45, 7) is 0. The van der Waals surface area contributed by atoms with E-state index in [1.807, 2.05) is 6.07 Å². The first-order valence-electron chi connectivity index (χ1n) is 9.12.